The molecule has 2 rings (SSSR count). The molecule has 10 heteroatoms. The maximum Gasteiger partial charge on any atom is 0.490 e. The first-order valence-electron chi connectivity index (χ1n) is 7.55. The van der Waals surface area contributed by atoms with Crippen molar-refractivity contribution in [2.75, 3.05) is 19.0 Å². The number of alkyl halides is 3. The number of nitrogens with zero attached hydrogens (tertiary/aromatic N) is 2. The molecule has 0 amide bonds. The minimum absolute atomic E-state index is 0.327. The smallest absolute Gasteiger partial charge is 0.475 e. The number of fused-ring (bicyclic) bond motifs is 1. The summed E-state index contributed by atoms with van der Waals surface area (Å²) in [6, 6.07) is 1.84. The quantitative estimate of drug-likeness (QED) is 0.798. The monoisotopic (exact) mass is 375 g/mol. The number of halogens is 3. The molecule has 0 radical (unpaired) electrons. The molecule has 0 saturated heterocycles. The number of ether oxygens (including phenoxy) is 1. The van der Waals surface area contributed by atoms with Crippen molar-refractivity contribution in [3.63, 3.8) is 0 Å². The number of carbonyl (C=O) groups is 2. The molecule has 0 bridgehead atoms. The third-order valence-corrected chi connectivity index (χ3v) is 3.22. The molecule has 2 aromatic rings. The van der Waals surface area contributed by atoms with Crippen LogP contribution < -0.4 is 5.32 Å². The molecule has 0 saturated carbocycles. The van der Waals surface area contributed by atoms with E-state index in [4.69, 9.17) is 14.6 Å². The first kappa shape index (κ1) is 21.3. The largest absolute Gasteiger partial charge is 0.490 e. The summed E-state index contributed by atoms with van der Waals surface area (Å²) in [5, 5.41) is 11.3. The molecule has 2 N–H and O–H groups in total. The van der Waals surface area contributed by atoms with Crippen LogP contribution in [0.2, 0.25) is 0 Å². The Morgan fingerprint density at radius 2 is 1.96 bits per heavy atom. The van der Waals surface area contributed by atoms with Crippen molar-refractivity contribution in [1.29, 1.82) is 0 Å². The van der Waals surface area contributed by atoms with Gasteiger partial charge in [-0.2, -0.15) is 13.2 Å². The van der Waals surface area contributed by atoms with E-state index in [-0.39, 0.29) is 5.97 Å². The Bertz CT molecular complexity index is 785. The maximum absolute atomic E-state index is 11.7. The third-order valence-electron chi connectivity index (χ3n) is 3.22. The highest BCUT2D eigenvalue weighted by Crippen LogP contribution is 2.26. The summed E-state index contributed by atoms with van der Waals surface area (Å²) in [6.45, 7) is 5.11. The number of methoxy groups -OCH3 is 1. The predicted octanol–water partition coefficient (Wildman–Crippen LogP) is 3.06. The number of carboxylic acids is 1. The van der Waals surface area contributed by atoms with Gasteiger partial charge in [0.15, 0.2) is 5.82 Å². The second-order valence-corrected chi connectivity index (χ2v) is 5.78. The lowest BCUT2D eigenvalue weighted by Crippen LogP contribution is -2.21. The fraction of sp³-hybridized carbons (Fsp3) is 0.438. The number of nitrogens with one attached hydrogen (secondary N) is 1. The summed E-state index contributed by atoms with van der Waals surface area (Å²) in [7, 11) is 3.29. The molecule has 2 heterocycles. The van der Waals surface area contributed by atoms with Crippen molar-refractivity contribution in [3.8, 4) is 0 Å². The molecule has 0 aliphatic carbocycles. The van der Waals surface area contributed by atoms with Crippen LogP contribution in [0.15, 0.2) is 18.5 Å². The topological polar surface area (TPSA) is 93.5 Å². The fourth-order valence-electron chi connectivity index (χ4n) is 2.06. The number of aliphatic carboxylic acids is 1. The number of carbonyl (C=O) groups excluding carboxylic acids is 1. The summed E-state index contributed by atoms with van der Waals surface area (Å²) < 4.78 is 38.4. The summed E-state index contributed by atoms with van der Waals surface area (Å²) >= 11 is 0. The van der Waals surface area contributed by atoms with Gasteiger partial charge in [-0.3, -0.25) is 0 Å². The van der Waals surface area contributed by atoms with E-state index in [1.165, 1.54) is 7.11 Å². The van der Waals surface area contributed by atoms with Gasteiger partial charge in [-0.05, 0) is 12.0 Å². The van der Waals surface area contributed by atoms with Crippen LogP contribution in [0.4, 0.5) is 19.0 Å². The van der Waals surface area contributed by atoms with Gasteiger partial charge >= 0.3 is 18.1 Å². The molecule has 0 unspecified atom stereocenters. The van der Waals surface area contributed by atoms with Crippen molar-refractivity contribution in [2.45, 2.75) is 20.0 Å². The van der Waals surface area contributed by atoms with Gasteiger partial charge in [0.1, 0.15) is 0 Å². The van der Waals surface area contributed by atoms with E-state index in [2.05, 4.69) is 24.1 Å². The van der Waals surface area contributed by atoms with Crippen molar-refractivity contribution in [2.24, 2.45) is 13.0 Å². The van der Waals surface area contributed by atoms with Crippen LogP contribution in [-0.4, -0.2) is 46.4 Å². The van der Waals surface area contributed by atoms with Crippen LogP contribution in [-0.2, 0) is 16.6 Å². The van der Waals surface area contributed by atoms with Crippen molar-refractivity contribution in [1.82, 2.24) is 9.55 Å². The normalized spacial score (nSPS) is 11.1. The van der Waals surface area contributed by atoms with Gasteiger partial charge in [0.05, 0.1) is 18.2 Å². The molecule has 0 spiro atoms. The van der Waals surface area contributed by atoms with Crippen LogP contribution in [0.3, 0.4) is 0 Å². The Hall–Kier alpha value is -2.78. The van der Waals surface area contributed by atoms with Crippen molar-refractivity contribution in [3.05, 3.63) is 24.0 Å². The number of hydrogen-bond donors (Lipinski definition) is 2. The van der Waals surface area contributed by atoms with Gasteiger partial charge in [0.2, 0.25) is 0 Å². The molecule has 0 fully saturated rings. The number of aromatic nitrogens is 2. The van der Waals surface area contributed by atoms with Gasteiger partial charge in [0.25, 0.3) is 0 Å². The van der Waals surface area contributed by atoms with Gasteiger partial charge < -0.3 is 19.7 Å². The molecular formula is C16H20F3N3O4. The Kier molecular flexibility index (Phi) is 6.99. The summed E-state index contributed by atoms with van der Waals surface area (Å²) in [6.07, 6.45) is -1.60. The minimum Gasteiger partial charge on any atom is -0.475 e. The van der Waals surface area contributed by atoms with E-state index in [9.17, 15) is 18.0 Å². The van der Waals surface area contributed by atoms with Crippen molar-refractivity contribution < 1.29 is 32.6 Å². The highest BCUT2D eigenvalue weighted by Gasteiger charge is 2.38. The van der Waals surface area contributed by atoms with Gasteiger partial charge in [0, 0.05) is 31.4 Å². The highest BCUT2D eigenvalue weighted by atomic mass is 19.4. The summed E-state index contributed by atoms with van der Waals surface area (Å²) in [5.74, 6) is -1.76. The van der Waals surface area contributed by atoms with E-state index in [1.54, 1.807) is 12.4 Å². The first-order valence-corrected chi connectivity index (χ1v) is 7.55. The zero-order chi connectivity index (χ0) is 20.1. The van der Waals surface area contributed by atoms with Crippen LogP contribution in [0, 0.1) is 5.92 Å². The van der Waals surface area contributed by atoms with Crippen molar-refractivity contribution >= 4 is 28.7 Å². The lowest BCUT2D eigenvalue weighted by atomic mass is 10.2. The SMILES string of the molecule is COC(=O)c1cn(C)c2c(NCC(C)C)nccc12.O=C(O)C(F)(F)F. The Labute approximate surface area is 147 Å². The Morgan fingerprint density at radius 1 is 1.38 bits per heavy atom. The zero-order valence-corrected chi connectivity index (χ0v) is 14.7. The standard InChI is InChI=1S/C14H19N3O2.C2HF3O2/c1-9(2)7-16-13-12-10(5-6-15-13)11(8-17(12)3)14(18)19-4;3-2(4,5)1(6)7/h5-6,8-9H,7H2,1-4H3,(H,15,16);(H,6,7). The molecule has 0 aliphatic rings. The summed E-state index contributed by atoms with van der Waals surface area (Å²) in [5.41, 5.74) is 1.48. The fourth-order valence-corrected chi connectivity index (χ4v) is 2.06. The second-order valence-electron chi connectivity index (χ2n) is 5.78. The molecule has 26 heavy (non-hydrogen) atoms. The van der Waals surface area contributed by atoms with Gasteiger partial charge in [-0.25, -0.2) is 14.6 Å². The van der Waals surface area contributed by atoms with Gasteiger partial charge in [-0.15, -0.1) is 0 Å². The molecule has 0 aromatic carbocycles. The van der Waals surface area contributed by atoms with Crippen LogP contribution in [0.5, 0.6) is 0 Å². The predicted molar refractivity (Wildman–Crippen MR) is 89.1 cm³/mol. The second kappa shape index (κ2) is 8.54. The van der Waals surface area contributed by atoms with Crippen LogP contribution in [0.25, 0.3) is 10.9 Å². The minimum atomic E-state index is -5.08. The average Bonchev–Trinajstić information content (AvgIpc) is 2.89. The van der Waals surface area contributed by atoms with E-state index < -0.39 is 12.1 Å². The molecular weight excluding hydrogens is 355 g/mol. The third kappa shape index (κ3) is 5.36. The molecule has 7 nitrogen and oxygen atoms in total. The molecule has 2 aromatic heterocycles. The van der Waals surface area contributed by atoms with Gasteiger partial charge in [-0.1, -0.05) is 13.8 Å². The number of rotatable bonds is 4. The number of hydrogen-bond acceptors (Lipinski definition) is 5. The number of anilines is 1. The van der Waals surface area contributed by atoms with Crippen LogP contribution >= 0.6 is 0 Å². The number of aryl methyl sites for hydroxylation is 1. The van der Waals surface area contributed by atoms with E-state index in [1.807, 2.05) is 17.7 Å². The molecule has 0 aliphatic heterocycles. The Balaban J connectivity index is 0.000000412. The Morgan fingerprint density at radius 3 is 2.42 bits per heavy atom. The van der Waals surface area contributed by atoms with E-state index >= 15 is 0 Å². The first-order chi connectivity index (χ1) is 12.0. The van der Waals surface area contributed by atoms with E-state index in [0.717, 1.165) is 23.3 Å². The molecule has 144 valence electrons. The zero-order valence-electron chi connectivity index (χ0n) is 14.7. The van der Waals surface area contributed by atoms with E-state index in [0.29, 0.717) is 11.5 Å². The number of pyridine rings is 1. The highest BCUT2D eigenvalue weighted by molar-refractivity contribution is 6.06. The average molecular weight is 375 g/mol. The molecule has 0 atom stereocenters. The number of carboxylic acid groups (broad SMARTS) is 1. The lowest BCUT2D eigenvalue weighted by molar-refractivity contribution is -0.192. The summed E-state index contributed by atoms with van der Waals surface area (Å²) in [4.78, 5) is 25.0. The lowest BCUT2D eigenvalue weighted by Gasteiger charge is -2.10. The van der Waals surface area contributed by atoms with Crippen LogP contribution in [0.1, 0.15) is 24.2 Å². The number of esters is 1. The maximum atomic E-state index is 11.7.